The van der Waals surface area contributed by atoms with Gasteiger partial charge in [0.15, 0.2) is 0 Å². The Hall–Kier alpha value is -2.53. The molecule has 3 rings (SSSR count). The van der Waals surface area contributed by atoms with Crippen molar-refractivity contribution >= 4 is 34.9 Å². The van der Waals surface area contributed by atoms with Crippen LogP contribution < -0.4 is 10.2 Å². The van der Waals surface area contributed by atoms with E-state index in [0.717, 1.165) is 17.8 Å². The van der Waals surface area contributed by atoms with E-state index in [9.17, 15) is 9.59 Å². The number of nitrogens with zero attached hydrogens (tertiary/aromatic N) is 2. The van der Waals surface area contributed by atoms with E-state index in [4.69, 9.17) is 11.6 Å². The highest BCUT2D eigenvalue weighted by molar-refractivity contribution is 6.30. The van der Waals surface area contributed by atoms with Crippen LogP contribution in [-0.4, -0.2) is 36.5 Å². The summed E-state index contributed by atoms with van der Waals surface area (Å²) in [6.07, 6.45) is 0.955. The number of hydrogen-bond acceptors (Lipinski definition) is 2. The molecule has 0 aromatic heterocycles. The molecule has 0 aliphatic carbocycles. The van der Waals surface area contributed by atoms with E-state index in [-0.39, 0.29) is 18.5 Å². The summed E-state index contributed by atoms with van der Waals surface area (Å²) in [5, 5.41) is 3.46. The standard InChI is InChI=1S/C19H20ClN3O2/c1-2-14-3-7-16(8-4-14)21-18(24)13-22-11-12-23(19(22)25)17-9-5-15(20)6-10-17/h3-10H,2,11-13H2,1H3,(H,21,24). The van der Waals surface area contributed by atoms with Crippen LogP contribution in [0.3, 0.4) is 0 Å². The molecule has 0 radical (unpaired) electrons. The van der Waals surface area contributed by atoms with Gasteiger partial charge in [-0.2, -0.15) is 0 Å². The Bertz CT molecular complexity index is 759. The summed E-state index contributed by atoms with van der Waals surface area (Å²) in [4.78, 5) is 27.9. The number of urea groups is 1. The van der Waals surface area contributed by atoms with Gasteiger partial charge in [0.25, 0.3) is 0 Å². The van der Waals surface area contributed by atoms with Crippen LogP contribution in [0.5, 0.6) is 0 Å². The first-order valence-electron chi connectivity index (χ1n) is 8.27. The maximum atomic E-state index is 12.5. The number of rotatable bonds is 5. The highest BCUT2D eigenvalue weighted by atomic mass is 35.5. The van der Waals surface area contributed by atoms with Crippen molar-refractivity contribution in [1.29, 1.82) is 0 Å². The van der Waals surface area contributed by atoms with Gasteiger partial charge >= 0.3 is 6.03 Å². The zero-order valence-electron chi connectivity index (χ0n) is 14.0. The third-order valence-corrected chi connectivity index (χ3v) is 4.47. The van der Waals surface area contributed by atoms with Gasteiger partial charge in [0.05, 0.1) is 0 Å². The van der Waals surface area contributed by atoms with Crippen molar-refractivity contribution in [3.8, 4) is 0 Å². The zero-order chi connectivity index (χ0) is 17.8. The second kappa shape index (κ2) is 7.57. The summed E-state index contributed by atoms with van der Waals surface area (Å²) in [6.45, 7) is 3.19. The minimum absolute atomic E-state index is 0.0401. The van der Waals surface area contributed by atoms with Crippen molar-refractivity contribution in [2.45, 2.75) is 13.3 Å². The predicted molar refractivity (Wildman–Crippen MR) is 100 cm³/mol. The van der Waals surface area contributed by atoms with E-state index in [1.807, 2.05) is 24.3 Å². The van der Waals surface area contributed by atoms with Crippen molar-refractivity contribution in [3.63, 3.8) is 0 Å². The maximum absolute atomic E-state index is 12.5. The molecule has 0 atom stereocenters. The monoisotopic (exact) mass is 357 g/mol. The summed E-state index contributed by atoms with van der Waals surface area (Å²) >= 11 is 5.88. The molecule has 0 bridgehead atoms. The fourth-order valence-corrected chi connectivity index (χ4v) is 2.91. The van der Waals surface area contributed by atoms with Crippen molar-refractivity contribution in [3.05, 3.63) is 59.1 Å². The smallest absolute Gasteiger partial charge is 0.325 e. The van der Waals surface area contributed by atoms with Crippen molar-refractivity contribution < 1.29 is 9.59 Å². The lowest BCUT2D eigenvalue weighted by molar-refractivity contribution is -0.116. The molecule has 5 nitrogen and oxygen atoms in total. The van der Waals surface area contributed by atoms with Crippen LogP contribution in [0.2, 0.25) is 5.02 Å². The zero-order valence-corrected chi connectivity index (χ0v) is 14.8. The molecule has 6 heteroatoms. The maximum Gasteiger partial charge on any atom is 0.325 e. The van der Waals surface area contributed by atoms with E-state index < -0.39 is 0 Å². The Morgan fingerprint density at radius 3 is 2.40 bits per heavy atom. The predicted octanol–water partition coefficient (Wildman–Crippen LogP) is 3.78. The van der Waals surface area contributed by atoms with Crippen LogP contribution in [0.1, 0.15) is 12.5 Å². The first kappa shape index (κ1) is 17.3. The molecule has 1 saturated heterocycles. The topological polar surface area (TPSA) is 52.7 Å². The van der Waals surface area contributed by atoms with Crippen molar-refractivity contribution in [2.75, 3.05) is 29.9 Å². The fraction of sp³-hybridized carbons (Fsp3) is 0.263. The van der Waals surface area contributed by atoms with Crippen molar-refractivity contribution in [1.82, 2.24) is 4.90 Å². The third-order valence-electron chi connectivity index (χ3n) is 4.21. The second-order valence-electron chi connectivity index (χ2n) is 5.93. The number of anilines is 2. The number of carbonyl (C=O) groups is 2. The molecule has 0 spiro atoms. The second-order valence-corrected chi connectivity index (χ2v) is 6.37. The van der Waals surface area contributed by atoms with Crippen LogP contribution >= 0.6 is 11.6 Å². The van der Waals surface area contributed by atoms with Crippen LogP contribution in [0, 0.1) is 0 Å². The number of benzene rings is 2. The molecule has 1 aliphatic heterocycles. The highest BCUT2D eigenvalue weighted by Crippen LogP contribution is 2.22. The Labute approximate surface area is 152 Å². The average molecular weight is 358 g/mol. The summed E-state index contributed by atoms with van der Waals surface area (Å²) < 4.78 is 0. The van der Waals surface area contributed by atoms with E-state index in [0.29, 0.717) is 18.1 Å². The molecule has 1 fully saturated rings. The van der Waals surface area contributed by atoms with E-state index >= 15 is 0 Å². The molecule has 2 aromatic rings. The van der Waals surface area contributed by atoms with Gasteiger partial charge in [0.2, 0.25) is 5.91 Å². The quantitative estimate of drug-likeness (QED) is 0.885. The Kier molecular flexibility index (Phi) is 5.24. The SMILES string of the molecule is CCc1ccc(NC(=O)CN2CCN(c3ccc(Cl)cc3)C2=O)cc1. The number of amides is 3. The van der Waals surface area contributed by atoms with E-state index in [1.165, 1.54) is 5.56 Å². The van der Waals surface area contributed by atoms with Gasteiger partial charge in [-0.1, -0.05) is 30.7 Å². The highest BCUT2D eigenvalue weighted by Gasteiger charge is 2.30. The lowest BCUT2D eigenvalue weighted by atomic mass is 10.1. The van der Waals surface area contributed by atoms with Crippen molar-refractivity contribution in [2.24, 2.45) is 0 Å². The van der Waals surface area contributed by atoms with Gasteiger partial charge in [0, 0.05) is 29.5 Å². The molecular weight excluding hydrogens is 338 g/mol. The van der Waals surface area contributed by atoms with Crippen LogP contribution in [-0.2, 0) is 11.2 Å². The van der Waals surface area contributed by atoms with Gasteiger partial charge in [-0.25, -0.2) is 4.79 Å². The van der Waals surface area contributed by atoms with E-state index in [2.05, 4.69) is 12.2 Å². The van der Waals surface area contributed by atoms with Crippen LogP contribution in [0.25, 0.3) is 0 Å². The average Bonchev–Trinajstić information content (AvgIpc) is 2.97. The van der Waals surface area contributed by atoms with Crippen LogP contribution in [0.15, 0.2) is 48.5 Å². The molecule has 3 amide bonds. The number of aryl methyl sites for hydroxylation is 1. The first-order valence-corrected chi connectivity index (χ1v) is 8.65. The molecule has 1 aliphatic rings. The van der Waals surface area contributed by atoms with Crippen LogP contribution in [0.4, 0.5) is 16.2 Å². The molecule has 0 saturated carbocycles. The Morgan fingerprint density at radius 2 is 1.76 bits per heavy atom. The first-order chi connectivity index (χ1) is 12.1. The molecule has 25 heavy (non-hydrogen) atoms. The lowest BCUT2D eigenvalue weighted by Gasteiger charge is -2.18. The molecular formula is C19H20ClN3O2. The van der Waals surface area contributed by atoms with Gasteiger partial charge in [-0.3, -0.25) is 9.69 Å². The third kappa shape index (κ3) is 4.12. The minimum atomic E-state index is -0.199. The van der Waals surface area contributed by atoms with Gasteiger partial charge in [-0.05, 0) is 48.4 Å². The minimum Gasteiger partial charge on any atom is -0.325 e. The summed E-state index contributed by atoms with van der Waals surface area (Å²) in [6, 6.07) is 14.7. The summed E-state index contributed by atoms with van der Waals surface area (Å²) in [5.74, 6) is -0.199. The molecule has 2 aromatic carbocycles. The Morgan fingerprint density at radius 1 is 1.08 bits per heavy atom. The fourth-order valence-electron chi connectivity index (χ4n) is 2.79. The molecule has 1 heterocycles. The normalized spacial score (nSPS) is 14.1. The molecule has 1 N–H and O–H groups in total. The Balaban J connectivity index is 1.58. The summed E-state index contributed by atoms with van der Waals surface area (Å²) in [5.41, 5.74) is 2.74. The van der Waals surface area contributed by atoms with E-state index in [1.54, 1.807) is 34.1 Å². The molecule has 130 valence electrons. The summed E-state index contributed by atoms with van der Waals surface area (Å²) in [7, 11) is 0. The number of hydrogen-bond donors (Lipinski definition) is 1. The number of nitrogens with one attached hydrogen (secondary N) is 1. The number of halogens is 1. The van der Waals surface area contributed by atoms with Gasteiger partial charge in [-0.15, -0.1) is 0 Å². The van der Waals surface area contributed by atoms with Gasteiger partial charge < -0.3 is 10.2 Å². The van der Waals surface area contributed by atoms with Gasteiger partial charge in [0.1, 0.15) is 6.54 Å². The largest absolute Gasteiger partial charge is 0.325 e. The lowest BCUT2D eigenvalue weighted by Crippen LogP contribution is -2.37. The number of carbonyl (C=O) groups excluding carboxylic acids is 2. The molecule has 0 unspecified atom stereocenters.